The molecule has 6 nitrogen and oxygen atoms in total. The molecular formula is C19H19N3O3S. The highest BCUT2D eigenvalue weighted by Crippen LogP contribution is 2.26. The highest BCUT2D eigenvalue weighted by atomic mass is 32.2. The lowest BCUT2D eigenvalue weighted by Gasteiger charge is -2.18. The number of amides is 1. The molecule has 1 aliphatic heterocycles. The third kappa shape index (κ3) is 3.77. The Bertz CT molecular complexity index is 895. The van der Waals surface area contributed by atoms with E-state index in [0.29, 0.717) is 24.0 Å². The predicted octanol–water partition coefficient (Wildman–Crippen LogP) is 3.96. The van der Waals surface area contributed by atoms with Crippen molar-refractivity contribution in [1.29, 1.82) is 0 Å². The van der Waals surface area contributed by atoms with Crippen LogP contribution in [0.5, 0.6) is 0 Å². The maximum atomic E-state index is 12.8. The Kier molecular flexibility index (Phi) is 5.37. The summed E-state index contributed by atoms with van der Waals surface area (Å²) in [7, 11) is 0. The minimum atomic E-state index is -0.524. The summed E-state index contributed by atoms with van der Waals surface area (Å²) in [5.74, 6) is 0.328. The van der Waals surface area contributed by atoms with E-state index in [4.69, 9.17) is 0 Å². The minimum absolute atomic E-state index is 0.0967. The van der Waals surface area contributed by atoms with Crippen molar-refractivity contribution in [3.05, 3.63) is 74.8 Å². The van der Waals surface area contributed by atoms with Gasteiger partial charge in [0.25, 0.3) is 11.6 Å². The molecule has 0 radical (unpaired) electrons. The van der Waals surface area contributed by atoms with Gasteiger partial charge in [-0.3, -0.25) is 24.8 Å². The van der Waals surface area contributed by atoms with Crippen molar-refractivity contribution in [2.75, 3.05) is 13.1 Å². The van der Waals surface area contributed by atoms with E-state index in [1.165, 1.54) is 45.5 Å². The fourth-order valence-electron chi connectivity index (χ4n) is 2.80. The first kappa shape index (κ1) is 18.1. The van der Waals surface area contributed by atoms with Crippen LogP contribution in [0.1, 0.15) is 27.0 Å². The summed E-state index contributed by atoms with van der Waals surface area (Å²) >= 11 is 1.49. The lowest BCUT2D eigenvalue weighted by Crippen LogP contribution is -2.33. The second-order valence-electron chi connectivity index (χ2n) is 6.11. The number of carbonyl (C=O) groups is 1. The van der Waals surface area contributed by atoms with Crippen molar-refractivity contribution in [3.8, 4) is 0 Å². The molecule has 0 unspecified atom stereocenters. The number of aliphatic imine (C=N–C) groups is 1. The standard InChI is InChI=1S/C19H19N3O3S/c1-13-7-8-14(2)15(11-13)12-26-19-20-9-10-21(19)18(23)16-5-3-4-6-17(16)22(24)25/h3-8,11H,9-10,12H2,1-2H3. The number of hydrogen-bond acceptors (Lipinski definition) is 5. The average Bonchev–Trinajstić information content (AvgIpc) is 3.10. The molecule has 1 aliphatic rings. The second-order valence-corrected chi connectivity index (χ2v) is 7.06. The summed E-state index contributed by atoms with van der Waals surface area (Å²) in [4.78, 5) is 29.5. The van der Waals surface area contributed by atoms with Gasteiger partial charge >= 0.3 is 0 Å². The van der Waals surface area contributed by atoms with E-state index in [2.05, 4.69) is 30.1 Å². The van der Waals surface area contributed by atoms with Gasteiger partial charge in [0.1, 0.15) is 5.56 Å². The Morgan fingerprint density at radius 2 is 2.04 bits per heavy atom. The molecule has 2 aromatic rings. The lowest BCUT2D eigenvalue weighted by atomic mass is 10.1. The van der Waals surface area contributed by atoms with Crippen LogP contribution in [0.3, 0.4) is 0 Å². The molecule has 134 valence electrons. The van der Waals surface area contributed by atoms with E-state index in [-0.39, 0.29) is 17.2 Å². The zero-order chi connectivity index (χ0) is 18.7. The molecule has 0 saturated heterocycles. The molecule has 7 heteroatoms. The predicted molar refractivity (Wildman–Crippen MR) is 104 cm³/mol. The van der Waals surface area contributed by atoms with Crippen LogP contribution in [0.15, 0.2) is 47.5 Å². The number of amidine groups is 1. The van der Waals surface area contributed by atoms with Crippen molar-refractivity contribution in [1.82, 2.24) is 4.90 Å². The molecule has 26 heavy (non-hydrogen) atoms. The third-order valence-electron chi connectivity index (χ3n) is 4.24. The van der Waals surface area contributed by atoms with Crippen LogP contribution < -0.4 is 0 Å². The van der Waals surface area contributed by atoms with Gasteiger partial charge in [-0.15, -0.1) is 0 Å². The van der Waals surface area contributed by atoms with Gasteiger partial charge in [0, 0.05) is 18.4 Å². The fraction of sp³-hybridized carbons (Fsp3) is 0.263. The maximum absolute atomic E-state index is 12.8. The van der Waals surface area contributed by atoms with Gasteiger partial charge in [-0.05, 0) is 31.0 Å². The molecule has 2 aromatic carbocycles. The normalized spacial score (nSPS) is 13.6. The quantitative estimate of drug-likeness (QED) is 0.604. The second kappa shape index (κ2) is 7.70. The Morgan fingerprint density at radius 3 is 2.81 bits per heavy atom. The molecule has 1 heterocycles. The topological polar surface area (TPSA) is 75.8 Å². The summed E-state index contributed by atoms with van der Waals surface area (Å²) < 4.78 is 0. The highest BCUT2D eigenvalue weighted by Gasteiger charge is 2.29. The largest absolute Gasteiger partial charge is 0.285 e. The van der Waals surface area contributed by atoms with E-state index < -0.39 is 4.92 Å². The number of thioether (sulfide) groups is 1. The monoisotopic (exact) mass is 369 g/mol. The number of hydrogen-bond donors (Lipinski definition) is 0. The third-order valence-corrected chi connectivity index (χ3v) is 5.30. The summed E-state index contributed by atoms with van der Waals surface area (Å²) in [6.45, 7) is 5.06. The Hall–Kier alpha value is -2.67. The van der Waals surface area contributed by atoms with Gasteiger partial charge < -0.3 is 0 Å². The van der Waals surface area contributed by atoms with E-state index >= 15 is 0 Å². The van der Waals surface area contributed by atoms with Crippen LogP contribution >= 0.6 is 11.8 Å². The van der Waals surface area contributed by atoms with Crippen molar-refractivity contribution >= 4 is 28.5 Å². The van der Waals surface area contributed by atoms with Gasteiger partial charge in [-0.2, -0.15) is 0 Å². The van der Waals surface area contributed by atoms with E-state index in [0.717, 1.165) is 0 Å². The Morgan fingerprint density at radius 1 is 1.27 bits per heavy atom. The molecule has 0 bridgehead atoms. The molecule has 0 saturated carbocycles. The summed E-state index contributed by atoms with van der Waals surface area (Å²) in [6.07, 6.45) is 0. The van der Waals surface area contributed by atoms with Crippen molar-refractivity contribution in [2.45, 2.75) is 19.6 Å². The molecule has 1 amide bonds. The highest BCUT2D eigenvalue weighted by molar-refractivity contribution is 8.13. The Labute approximate surface area is 156 Å². The summed E-state index contributed by atoms with van der Waals surface area (Å²) in [5, 5.41) is 11.8. The van der Waals surface area contributed by atoms with Crippen LogP contribution in [0, 0.1) is 24.0 Å². The van der Waals surface area contributed by atoms with Crippen LogP contribution in [0.4, 0.5) is 5.69 Å². The van der Waals surface area contributed by atoms with Crippen LogP contribution in [-0.2, 0) is 5.75 Å². The number of nitrogens with zero attached hydrogens (tertiary/aromatic N) is 3. The lowest BCUT2D eigenvalue weighted by molar-refractivity contribution is -0.385. The van der Waals surface area contributed by atoms with Crippen LogP contribution in [-0.4, -0.2) is 34.0 Å². The average molecular weight is 369 g/mol. The van der Waals surface area contributed by atoms with Crippen molar-refractivity contribution < 1.29 is 9.72 Å². The number of nitro groups is 1. The van der Waals surface area contributed by atoms with Gasteiger partial charge in [-0.1, -0.05) is 47.7 Å². The molecule has 0 spiro atoms. The number of carbonyl (C=O) groups excluding carboxylic acids is 1. The first-order valence-electron chi connectivity index (χ1n) is 8.26. The molecule has 0 atom stereocenters. The smallest absolute Gasteiger partial charge is 0.282 e. The first-order chi connectivity index (χ1) is 12.5. The summed E-state index contributed by atoms with van der Waals surface area (Å²) in [5.41, 5.74) is 3.50. The number of aryl methyl sites for hydroxylation is 2. The number of rotatable bonds is 4. The molecule has 0 aromatic heterocycles. The Balaban J connectivity index is 1.77. The first-order valence-corrected chi connectivity index (χ1v) is 9.24. The SMILES string of the molecule is Cc1ccc(C)c(CSC2=NCCN2C(=O)c2ccccc2[N+](=O)[O-])c1. The number of nitro benzene ring substituents is 1. The van der Waals surface area contributed by atoms with Crippen LogP contribution in [0.2, 0.25) is 0 Å². The fourth-order valence-corrected chi connectivity index (χ4v) is 3.90. The number of para-hydroxylation sites is 1. The van der Waals surface area contributed by atoms with Crippen molar-refractivity contribution in [3.63, 3.8) is 0 Å². The van der Waals surface area contributed by atoms with Gasteiger partial charge in [0.05, 0.1) is 11.5 Å². The van der Waals surface area contributed by atoms with Gasteiger partial charge in [0.2, 0.25) is 0 Å². The zero-order valence-corrected chi connectivity index (χ0v) is 15.5. The summed E-state index contributed by atoms with van der Waals surface area (Å²) in [6, 6.07) is 12.3. The van der Waals surface area contributed by atoms with Crippen molar-refractivity contribution in [2.24, 2.45) is 4.99 Å². The zero-order valence-electron chi connectivity index (χ0n) is 14.6. The van der Waals surface area contributed by atoms with E-state index in [1.54, 1.807) is 12.1 Å². The van der Waals surface area contributed by atoms with Gasteiger partial charge in [-0.25, -0.2) is 0 Å². The van der Waals surface area contributed by atoms with E-state index in [9.17, 15) is 14.9 Å². The maximum Gasteiger partial charge on any atom is 0.282 e. The number of benzene rings is 2. The molecule has 0 aliphatic carbocycles. The molecule has 0 fully saturated rings. The molecule has 0 N–H and O–H groups in total. The van der Waals surface area contributed by atoms with Crippen LogP contribution in [0.25, 0.3) is 0 Å². The minimum Gasteiger partial charge on any atom is -0.285 e. The van der Waals surface area contributed by atoms with Gasteiger partial charge in [0.15, 0.2) is 5.17 Å². The molecular weight excluding hydrogens is 350 g/mol. The van der Waals surface area contributed by atoms with E-state index in [1.807, 2.05) is 6.92 Å². The molecule has 3 rings (SSSR count).